The molecule has 24 heavy (non-hydrogen) atoms. The van der Waals surface area contributed by atoms with Crippen molar-refractivity contribution in [3.05, 3.63) is 46.6 Å². The van der Waals surface area contributed by atoms with Gasteiger partial charge in [0.2, 0.25) is 5.91 Å². The second kappa shape index (κ2) is 6.48. The van der Waals surface area contributed by atoms with Gasteiger partial charge in [-0.2, -0.15) is 5.10 Å². The molecule has 1 aromatic carbocycles. The van der Waals surface area contributed by atoms with Crippen molar-refractivity contribution < 1.29 is 9.18 Å². The van der Waals surface area contributed by atoms with E-state index in [1.807, 2.05) is 6.92 Å². The Kier molecular flexibility index (Phi) is 4.39. The Morgan fingerprint density at radius 2 is 1.92 bits per heavy atom. The smallest absolute Gasteiger partial charge is 0.247 e. The van der Waals surface area contributed by atoms with Crippen molar-refractivity contribution in [2.24, 2.45) is 0 Å². The molecule has 0 aliphatic carbocycles. The topological polar surface area (TPSA) is 72.7 Å². The summed E-state index contributed by atoms with van der Waals surface area (Å²) in [6.45, 7) is 5.57. The van der Waals surface area contributed by atoms with Crippen molar-refractivity contribution >= 4 is 22.4 Å². The first-order valence-electron chi connectivity index (χ1n) is 7.33. The van der Waals surface area contributed by atoms with E-state index in [0.717, 1.165) is 16.1 Å². The zero-order valence-electron chi connectivity index (χ0n) is 13.5. The van der Waals surface area contributed by atoms with Gasteiger partial charge in [-0.25, -0.2) is 19.0 Å². The highest BCUT2D eigenvalue weighted by atomic mass is 32.1. The highest BCUT2D eigenvalue weighted by molar-refractivity contribution is 7.16. The molecule has 0 bridgehead atoms. The molecule has 0 fully saturated rings. The van der Waals surface area contributed by atoms with Gasteiger partial charge in [0.15, 0.2) is 5.13 Å². The van der Waals surface area contributed by atoms with Crippen LogP contribution in [-0.4, -0.2) is 25.7 Å². The van der Waals surface area contributed by atoms with E-state index in [1.54, 1.807) is 30.7 Å². The van der Waals surface area contributed by atoms with Gasteiger partial charge < -0.3 is 5.32 Å². The molecule has 124 valence electrons. The highest BCUT2D eigenvalue weighted by Crippen LogP contribution is 2.30. The van der Waals surface area contributed by atoms with Crippen LogP contribution in [-0.2, 0) is 11.3 Å². The summed E-state index contributed by atoms with van der Waals surface area (Å²) in [5.74, 6) is 0.801. The number of carbonyl (C=O) groups is 1. The fourth-order valence-electron chi connectivity index (χ4n) is 2.33. The molecule has 0 radical (unpaired) electrons. The number of thiazole rings is 1. The molecular weight excluding hydrogens is 329 g/mol. The Balaban J connectivity index is 1.74. The van der Waals surface area contributed by atoms with Crippen LogP contribution in [0.5, 0.6) is 0 Å². The van der Waals surface area contributed by atoms with E-state index in [-0.39, 0.29) is 18.3 Å². The maximum atomic E-state index is 13.0. The van der Waals surface area contributed by atoms with Gasteiger partial charge in [-0.15, -0.1) is 11.3 Å². The van der Waals surface area contributed by atoms with E-state index in [1.165, 1.54) is 23.5 Å². The first kappa shape index (κ1) is 16.3. The Bertz CT molecular complexity index is 885. The van der Waals surface area contributed by atoms with Crippen molar-refractivity contribution in [3.8, 4) is 11.3 Å². The number of amides is 1. The SMILES string of the molecule is Cc1nc(C)n(CC(=O)Nc2nc(-c3ccc(F)cc3)c(C)s2)n1. The number of aryl methyl sites for hydroxylation is 3. The van der Waals surface area contributed by atoms with Crippen LogP contribution in [0.15, 0.2) is 24.3 Å². The third kappa shape index (κ3) is 3.48. The summed E-state index contributed by atoms with van der Waals surface area (Å²) in [7, 11) is 0. The van der Waals surface area contributed by atoms with E-state index in [9.17, 15) is 9.18 Å². The minimum Gasteiger partial charge on any atom is -0.300 e. The number of hydrogen-bond donors (Lipinski definition) is 1. The predicted molar refractivity (Wildman–Crippen MR) is 90.4 cm³/mol. The van der Waals surface area contributed by atoms with Gasteiger partial charge in [0.05, 0.1) is 5.69 Å². The van der Waals surface area contributed by atoms with Crippen LogP contribution >= 0.6 is 11.3 Å². The molecule has 0 spiro atoms. The van der Waals surface area contributed by atoms with Gasteiger partial charge >= 0.3 is 0 Å². The van der Waals surface area contributed by atoms with Crippen LogP contribution in [0.1, 0.15) is 16.5 Å². The van der Waals surface area contributed by atoms with Gasteiger partial charge in [-0.1, -0.05) is 0 Å². The lowest BCUT2D eigenvalue weighted by molar-refractivity contribution is -0.116. The standard InChI is InChI=1S/C16H16FN5OS/c1-9-15(12-4-6-13(17)7-5-12)20-16(24-9)19-14(23)8-22-11(3)18-10(2)21-22/h4-7H,8H2,1-3H3,(H,19,20,23). The monoisotopic (exact) mass is 345 g/mol. The van der Waals surface area contributed by atoms with E-state index >= 15 is 0 Å². The lowest BCUT2D eigenvalue weighted by atomic mass is 10.1. The molecule has 3 rings (SSSR count). The van der Waals surface area contributed by atoms with Gasteiger partial charge in [-0.05, 0) is 45.0 Å². The summed E-state index contributed by atoms with van der Waals surface area (Å²) in [5.41, 5.74) is 1.55. The molecule has 2 aromatic heterocycles. The number of anilines is 1. The molecule has 8 heteroatoms. The summed E-state index contributed by atoms with van der Waals surface area (Å²) in [6.07, 6.45) is 0. The first-order valence-corrected chi connectivity index (χ1v) is 8.15. The van der Waals surface area contributed by atoms with E-state index in [0.29, 0.717) is 16.8 Å². The normalized spacial score (nSPS) is 10.8. The molecule has 0 saturated heterocycles. The van der Waals surface area contributed by atoms with Gasteiger partial charge in [0.1, 0.15) is 24.0 Å². The molecule has 0 saturated carbocycles. The molecule has 0 atom stereocenters. The maximum absolute atomic E-state index is 13.0. The zero-order chi connectivity index (χ0) is 17.3. The molecule has 0 aliphatic heterocycles. The minimum absolute atomic E-state index is 0.0805. The van der Waals surface area contributed by atoms with E-state index < -0.39 is 0 Å². The van der Waals surface area contributed by atoms with Crippen molar-refractivity contribution in [1.82, 2.24) is 19.7 Å². The maximum Gasteiger partial charge on any atom is 0.247 e. The van der Waals surface area contributed by atoms with Crippen LogP contribution in [0.3, 0.4) is 0 Å². The number of nitrogens with zero attached hydrogens (tertiary/aromatic N) is 4. The Labute approximate surface area is 142 Å². The molecule has 6 nitrogen and oxygen atoms in total. The largest absolute Gasteiger partial charge is 0.300 e. The van der Waals surface area contributed by atoms with Gasteiger partial charge in [-0.3, -0.25) is 4.79 Å². The predicted octanol–water partition coefficient (Wildman–Crippen LogP) is 3.10. The molecule has 0 aliphatic rings. The lowest BCUT2D eigenvalue weighted by Gasteiger charge is -2.03. The summed E-state index contributed by atoms with van der Waals surface area (Å²) < 4.78 is 14.6. The van der Waals surface area contributed by atoms with Crippen molar-refractivity contribution in [2.75, 3.05) is 5.32 Å². The average molecular weight is 345 g/mol. The van der Waals surface area contributed by atoms with Crippen LogP contribution in [0.4, 0.5) is 9.52 Å². The number of carbonyl (C=O) groups excluding carboxylic acids is 1. The Morgan fingerprint density at radius 3 is 2.54 bits per heavy atom. The van der Waals surface area contributed by atoms with Gasteiger partial charge in [0, 0.05) is 10.4 Å². The van der Waals surface area contributed by atoms with Gasteiger partial charge in [0.25, 0.3) is 0 Å². The minimum atomic E-state index is -0.293. The third-order valence-electron chi connectivity index (χ3n) is 3.42. The number of rotatable bonds is 4. The Hall–Kier alpha value is -2.61. The number of nitrogens with one attached hydrogen (secondary N) is 1. The van der Waals surface area contributed by atoms with Crippen LogP contribution < -0.4 is 5.32 Å². The summed E-state index contributed by atoms with van der Waals surface area (Å²) >= 11 is 1.38. The van der Waals surface area contributed by atoms with Crippen molar-refractivity contribution in [1.29, 1.82) is 0 Å². The van der Waals surface area contributed by atoms with Crippen molar-refractivity contribution in [2.45, 2.75) is 27.3 Å². The first-order chi connectivity index (χ1) is 11.4. The fraction of sp³-hybridized carbons (Fsp3) is 0.250. The molecule has 1 N–H and O–H groups in total. The third-order valence-corrected chi connectivity index (χ3v) is 4.30. The summed E-state index contributed by atoms with van der Waals surface area (Å²) in [4.78, 5) is 21.7. The number of hydrogen-bond acceptors (Lipinski definition) is 5. The average Bonchev–Trinajstić information content (AvgIpc) is 3.02. The molecule has 3 aromatic rings. The van der Waals surface area contributed by atoms with Crippen LogP contribution in [0.25, 0.3) is 11.3 Å². The van der Waals surface area contributed by atoms with E-state index in [4.69, 9.17) is 0 Å². The zero-order valence-corrected chi connectivity index (χ0v) is 14.3. The second-order valence-corrected chi connectivity index (χ2v) is 6.55. The molecule has 0 unspecified atom stereocenters. The molecular formula is C16H16FN5OS. The Morgan fingerprint density at radius 1 is 1.21 bits per heavy atom. The van der Waals surface area contributed by atoms with E-state index in [2.05, 4.69) is 20.4 Å². The lowest BCUT2D eigenvalue weighted by Crippen LogP contribution is -2.20. The summed E-state index contributed by atoms with van der Waals surface area (Å²) in [6, 6.07) is 6.12. The molecule has 2 heterocycles. The number of benzene rings is 1. The highest BCUT2D eigenvalue weighted by Gasteiger charge is 2.14. The van der Waals surface area contributed by atoms with Crippen molar-refractivity contribution in [3.63, 3.8) is 0 Å². The second-order valence-electron chi connectivity index (χ2n) is 5.34. The molecule has 1 amide bonds. The van der Waals surface area contributed by atoms with Crippen LogP contribution in [0, 0.1) is 26.6 Å². The quantitative estimate of drug-likeness (QED) is 0.788. The van der Waals surface area contributed by atoms with Crippen LogP contribution in [0.2, 0.25) is 0 Å². The fourth-order valence-corrected chi connectivity index (χ4v) is 3.18. The summed E-state index contributed by atoms with van der Waals surface area (Å²) in [5, 5.41) is 7.44. The number of halogens is 1. The number of aromatic nitrogens is 4.